The summed E-state index contributed by atoms with van der Waals surface area (Å²) >= 11 is 0. The van der Waals surface area contributed by atoms with Crippen molar-refractivity contribution in [2.75, 3.05) is 5.32 Å². The molecule has 24 heavy (non-hydrogen) atoms. The standard InChI is InChI=1S/C18H21NO5/c1-11-7-6-8-12(2)14(11)19-15(20)13-16(21)23-18(24-17(13)22)9-4-3-5-10-18/h6-8,21H,3-5,9-10H2,1-2H3,(H,19,20). The number of aliphatic hydroxyl groups is 1. The number of amides is 1. The van der Waals surface area contributed by atoms with Gasteiger partial charge in [0.1, 0.15) is 0 Å². The second-order valence-electron chi connectivity index (χ2n) is 6.36. The lowest BCUT2D eigenvalue weighted by molar-refractivity contribution is -0.249. The van der Waals surface area contributed by atoms with Gasteiger partial charge in [-0.2, -0.15) is 0 Å². The van der Waals surface area contributed by atoms with Gasteiger partial charge in [0.15, 0.2) is 0 Å². The highest BCUT2D eigenvalue weighted by Gasteiger charge is 2.46. The van der Waals surface area contributed by atoms with Crippen molar-refractivity contribution in [3.63, 3.8) is 0 Å². The summed E-state index contributed by atoms with van der Waals surface area (Å²) in [5, 5.41) is 12.8. The summed E-state index contributed by atoms with van der Waals surface area (Å²) in [4.78, 5) is 24.8. The molecule has 1 aromatic carbocycles. The molecular weight excluding hydrogens is 310 g/mol. The van der Waals surface area contributed by atoms with Crippen LogP contribution >= 0.6 is 0 Å². The number of benzene rings is 1. The highest BCUT2D eigenvalue weighted by Crippen LogP contribution is 2.38. The van der Waals surface area contributed by atoms with Gasteiger partial charge in [-0.1, -0.05) is 24.6 Å². The molecule has 1 aromatic rings. The molecule has 1 aliphatic carbocycles. The number of hydrogen-bond acceptors (Lipinski definition) is 5. The Hall–Kier alpha value is -2.50. The Morgan fingerprint density at radius 1 is 1.12 bits per heavy atom. The Morgan fingerprint density at radius 2 is 1.75 bits per heavy atom. The van der Waals surface area contributed by atoms with E-state index in [2.05, 4.69) is 5.32 Å². The Bertz CT molecular complexity index is 696. The van der Waals surface area contributed by atoms with E-state index >= 15 is 0 Å². The molecular formula is C18H21NO5. The number of para-hydroxylation sites is 1. The van der Waals surface area contributed by atoms with Gasteiger partial charge in [-0.05, 0) is 37.8 Å². The van der Waals surface area contributed by atoms with E-state index in [-0.39, 0.29) is 0 Å². The van der Waals surface area contributed by atoms with E-state index in [0.29, 0.717) is 18.5 Å². The predicted molar refractivity (Wildman–Crippen MR) is 87.2 cm³/mol. The summed E-state index contributed by atoms with van der Waals surface area (Å²) in [5.74, 6) is -3.36. The molecule has 0 radical (unpaired) electrons. The minimum atomic E-state index is -1.12. The fraction of sp³-hybridized carbons (Fsp3) is 0.444. The monoisotopic (exact) mass is 331 g/mol. The normalized spacial score (nSPS) is 19.7. The van der Waals surface area contributed by atoms with Gasteiger partial charge in [0.2, 0.25) is 5.57 Å². The summed E-state index contributed by atoms with van der Waals surface area (Å²) < 4.78 is 10.8. The van der Waals surface area contributed by atoms with Gasteiger partial charge in [0.05, 0.1) is 0 Å². The van der Waals surface area contributed by atoms with Crippen LogP contribution < -0.4 is 5.32 Å². The van der Waals surface area contributed by atoms with Crippen LogP contribution in [0, 0.1) is 13.8 Å². The first kappa shape index (κ1) is 16.4. The number of anilines is 1. The fourth-order valence-corrected chi connectivity index (χ4v) is 3.23. The molecule has 1 heterocycles. The predicted octanol–water partition coefficient (Wildman–Crippen LogP) is 3.25. The van der Waals surface area contributed by atoms with Gasteiger partial charge in [-0.3, -0.25) is 4.79 Å². The minimum Gasteiger partial charge on any atom is -0.480 e. The third kappa shape index (κ3) is 2.96. The molecule has 0 aromatic heterocycles. The van der Waals surface area contributed by atoms with Gasteiger partial charge in [0, 0.05) is 18.5 Å². The molecule has 6 heteroatoms. The second-order valence-corrected chi connectivity index (χ2v) is 6.36. The first-order valence-corrected chi connectivity index (χ1v) is 8.15. The molecule has 128 valence electrons. The highest BCUT2D eigenvalue weighted by molar-refractivity contribution is 6.21. The molecule has 0 unspecified atom stereocenters. The number of aryl methyl sites for hydroxylation is 2. The molecule has 6 nitrogen and oxygen atoms in total. The van der Waals surface area contributed by atoms with Crippen molar-refractivity contribution in [2.24, 2.45) is 0 Å². The first-order valence-electron chi connectivity index (χ1n) is 8.15. The minimum absolute atomic E-state index is 0.492. The molecule has 2 N–H and O–H groups in total. The maximum Gasteiger partial charge on any atom is 0.354 e. The van der Waals surface area contributed by atoms with Crippen LogP contribution in [-0.2, 0) is 19.1 Å². The summed E-state index contributed by atoms with van der Waals surface area (Å²) in [7, 11) is 0. The average molecular weight is 331 g/mol. The number of esters is 1. The summed E-state index contributed by atoms with van der Waals surface area (Å²) in [5.41, 5.74) is 1.83. The van der Waals surface area contributed by atoms with E-state index in [1.807, 2.05) is 32.0 Å². The van der Waals surface area contributed by atoms with Crippen LogP contribution in [0.4, 0.5) is 5.69 Å². The van der Waals surface area contributed by atoms with Crippen LogP contribution in [0.1, 0.15) is 43.2 Å². The smallest absolute Gasteiger partial charge is 0.354 e. The van der Waals surface area contributed by atoms with Crippen molar-refractivity contribution in [3.05, 3.63) is 40.8 Å². The van der Waals surface area contributed by atoms with Gasteiger partial charge in [0.25, 0.3) is 11.7 Å². The zero-order valence-corrected chi connectivity index (χ0v) is 13.8. The van der Waals surface area contributed by atoms with Crippen LogP contribution in [0.25, 0.3) is 0 Å². The van der Waals surface area contributed by atoms with E-state index in [4.69, 9.17) is 9.47 Å². The maximum atomic E-state index is 12.5. The van der Waals surface area contributed by atoms with Crippen LogP contribution in [0.3, 0.4) is 0 Å². The molecule has 1 fully saturated rings. The average Bonchev–Trinajstić information content (AvgIpc) is 2.51. The largest absolute Gasteiger partial charge is 0.480 e. The molecule has 3 rings (SSSR count). The molecule has 0 saturated heterocycles. The number of nitrogens with one attached hydrogen (secondary N) is 1. The highest BCUT2D eigenvalue weighted by atomic mass is 16.8. The lowest BCUT2D eigenvalue weighted by atomic mass is 9.93. The van der Waals surface area contributed by atoms with E-state index in [1.165, 1.54) is 0 Å². The third-order valence-corrected chi connectivity index (χ3v) is 4.54. The second kappa shape index (κ2) is 6.19. The molecule has 2 aliphatic rings. The number of carbonyl (C=O) groups is 2. The quantitative estimate of drug-likeness (QED) is 0.642. The van der Waals surface area contributed by atoms with Gasteiger partial charge >= 0.3 is 11.9 Å². The Kier molecular flexibility index (Phi) is 4.22. The molecule has 1 spiro atoms. The number of ether oxygens (including phenoxy) is 2. The summed E-state index contributed by atoms with van der Waals surface area (Å²) in [6.07, 6.45) is 3.78. The zero-order valence-electron chi connectivity index (χ0n) is 13.8. The Morgan fingerprint density at radius 3 is 2.33 bits per heavy atom. The Labute approximate surface area is 140 Å². The van der Waals surface area contributed by atoms with Crippen molar-refractivity contribution in [3.8, 4) is 0 Å². The van der Waals surface area contributed by atoms with E-state index in [9.17, 15) is 14.7 Å². The van der Waals surface area contributed by atoms with E-state index < -0.39 is 29.2 Å². The summed E-state index contributed by atoms with van der Waals surface area (Å²) in [6.45, 7) is 3.70. The number of carbonyl (C=O) groups excluding carboxylic acids is 2. The SMILES string of the molecule is Cc1cccc(C)c1NC(=O)C1=C(O)OC2(CCCCC2)OC1=O. The van der Waals surface area contributed by atoms with Crippen LogP contribution in [0.15, 0.2) is 29.7 Å². The molecule has 1 amide bonds. The lowest BCUT2D eigenvalue weighted by Crippen LogP contribution is -2.45. The van der Waals surface area contributed by atoms with Gasteiger partial charge in [-0.25, -0.2) is 4.79 Å². The van der Waals surface area contributed by atoms with Gasteiger partial charge < -0.3 is 19.9 Å². The van der Waals surface area contributed by atoms with Crippen molar-refractivity contribution < 1.29 is 24.2 Å². The first-order chi connectivity index (χ1) is 11.4. The molecule has 1 aliphatic heterocycles. The number of aliphatic hydroxyl groups excluding tert-OH is 1. The van der Waals surface area contributed by atoms with E-state index in [1.54, 1.807) is 0 Å². The lowest BCUT2D eigenvalue weighted by Gasteiger charge is -2.38. The van der Waals surface area contributed by atoms with E-state index in [0.717, 1.165) is 30.4 Å². The zero-order chi connectivity index (χ0) is 17.3. The molecule has 1 saturated carbocycles. The number of rotatable bonds is 2. The van der Waals surface area contributed by atoms with Crippen molar-refractivity contribution in [1.29, 1.82) is 0 Å². The molecule has 0 bridgehead atoms. The molecule has 0 atom stereocenters. The topological polar surface area (TPSA) is 84.9 Å². The maximum absolute atomic E-state index is 12.5. The van der Waals surface area contributed by atoms with Crippen LogP contribution in [0.5, 0.6) is 0 Å². The third-order valence-electron chi connectivity index (χ3n) is 4.54. The fourth-order valence-electron chi connectivity index (χ4n) is 3.23. The summed E-state index contributed by atoms with van der Waals surface area (Å²) in [6, 6.07) is 5.58. The van der Waals surface area contributed by atoms with Crippen LogP contribution in [-0.4, -0.2) is 22.8 Å². The van der Waals surface area contributed by atoms with Crippen molar-refractivity contribution in [1.82, 2.24) is 0 Å². The van der Waals surface area contributed by atoms with Crippen LogP contribution in [0.2, 0.25) is 0 Å². The number of hydrogen-bond donors (Lipinski definition) is 2. The van der Waals surface area contributed by atoms with Crippen molar-refractivity contribution in [2.45, 2.75) is 51.7 Å². The Balaban J connectivity index is 1.84. The van der Waals surface area contributed by atoms with Crippen molar-refractivity contribution >= 4 is 17.6 Å². The van der Waals surface area contributed by atoms with Gasteiger partial charge in [-0.15, -0.1) is 0 Å².